The summed E-state index contributed by atoms with van der Waals surface area (Å²) in [6.45, 7) is 2.84. The Bertz CT molecular complexity index is 730. The fourth-order valence-electron chi connectivity index (χ4n) is 3.96. The van der Waals surface area contributed by atoms with Gasteiger partial charge in [0.1, 0.15) is 0 Å². The molecule has 2 N–H and O–H groups in total. The highest BCUT2D eigenvalue weighted by Gasteiger charge is 2.36. The fraction of sp³-hybridized carbons (Fsp3) is 0.409. The van der Waals surface area contributed by atoms with Crippen LogP contribution in [0.2, 0.25) is 0 Å². The Morgan fingerprint density at radius 2 is 1.65 bits per heavy atom. The molecule has 1 amide bonds. The predicted molar refractivity (Wildman–Crippen MR) is 104 cm³/mol. The number of hydrogen-bond acceptors (Lipinski definition) is 3. The van der Waals surface area contributed by atoms with E-state index in [-0.39, 0.29) is 11.9 Å². The summed E-state index contributed by atoms with van der Waals surface area (Å²) in [6.07, 6.45) is 2.26. The molecule has 0 radical (unpaired) electrons. The van der Waals surface area contributed by atoms with Crippen LogP contribution in [0.4, 0.5) is 0 Å². The van der Waals surface area contributed by atoms with Crippen LogP contribution in [0.1, 0.15) is 29.9 Å². The van der Waals surface area contributed by atoms with E-state index in [2.05, 4.69) is 46.2 Å². The Balaban J connectivity index is 1.39. The number of carbonyl (C=O) groups is 1. The van der Waals surface area contributed by atoms with E-state index in [0.717, 1.165) is 25.9 Å². The molecule has 2 aromatic rings. The Labute approximate surface area is 155 Å². The summed E-state index contributed by atoms with van der Waals surface area (Å²) in [5.74, 6) is 0.546. The first-order valence-corrected chi connectivity index (χ1v) is 9.57. The monoisotopic (exact) mass is 349 g/mol. The van der Waals surface area contributed by atoms with Gasteiger partial charge in [-0.1, -0.05) is 60.7 Å². The minimum atomic E-state index is 0.0914. The van der Waals surface area contributed by atoms with Crippen molar-refractivity contribution in [3.05, 3.63) is 71.8 Å². The van der Waals surface area contributed by atoms with Crippen LogP contribution >= 0.6 is 0 Å². The van der Waals surface area contributed by atoms with Crippen LogP contribution in [-0.2, 0) is 11.3 Å². The van der Waals surface area contributed by atoms with E-state index in [1.54, 1.807) is 0 Å². The average Bonchev–Trinajstić information content (AvgIpc) is 3.44. The standard InChI is InChI=1S/C22H27N3O/c23-21-15-24(14-20(21)18-9-5-2-6-10-18)16-22(26)25(19-11-12-19)13-17-7-3-1-4-8-17/h1-10,19-21H,11-16,23H2/t20-,21+/m0/s1. The van der Waals surface area contributed by atoms with Crippen LogP contribution in [0.3, 0.4) is 0 Å². The third-order valence-corrected chi connectivity index (χ3v) is 5.53. The Morgan fingerprint density at radius 1 is 1.00 bits per heavy atom. The zero-order valence-electron chi connectivity index (χ0n) is 15.1. The Hall–Kier alpha value is -2.17. The van der Waals surface area contributed by atoms with Gasteiger partial charge in [-0.2, -0.15) is 0 Å². The summed E-state index contributed by atoms with van der Waals surface area (Å²) >= 11 is 0. The first-order chi connectivity index (χ1) is 12.7. The molecule has 2 fully saturated rings. The number of nitrogens with two attached hydrogens (primary N) is 1. The van der Waals surface area contributed by atoms with Gasteiger partial charge in [-0.05, 0) is 24.0 Å². The molecule has 2 aromatic carbocycles. The number of amides is 1. The second kappa shape index (κ2) is 7.60. The number of nitrogens with zero attached hydrogens (tertiary/aromatic N) is 2. The molecule has 2 aliphatic rings. The van der Waals surface area contributed by atoms with Crippen molar-refractivity contribution in [1.82, 2.24) is 9.80 Å². The number of likely N-dealkylation sites (tertiary alicyclic amines) is 1. The minimum absolute atomic E-state index is 0.0914. The second-order valence-electron chi connectivity index (χ2n) is 7.61. The van der Waals surface area contributed by atoms with Gasteiger partial charge in [-0.15, -0.1) is 0 Å². The zero-order valence-corrected chi connectivity index (χ0v) is 15.1. The van der Waals surface area contributed by atoms with Crippen LogP contribution in [0.25, 0.3) is 0 Å². The van der Waals surface area contributed by atoms with E-state index in [1.807, 2.05) is 24.3 Å². The van der Waals surface area contributed by atoms with E-state index in [9.17, 15) is 4.79 Å². The van der Waals surface area contributed by atoms with Crippen molar-refractivity contribution in [2.75, 3.05) is 19.6 Å². The maximum atomic E-state index is 13.0. The minimum Gasteiger partial charge on any atom is -0.334 e. The number of rotatable bonds is 6. The molecule has 136 valence electrons. The molecular formula is C22H27N3O. The molecule has 26 heavy (non-hydrogen) atoms. The fourth-order valence-corrected chi connectivity index (χ4v) is 3.96. The molecule has 0 aromatic heterocycles. The van der Waals surface area contributed by atoms with Crippen molar-refractivity contribution in [3.8, 4) is 0 Å². The Morgan fingerprint density at radius 3 is 2.31 bits per heavy atom. The lowest BCUT2D eigenvalue weighted by atomic mass is 9.95. The van der Waals surface area contributed by atoms with E-state index in [1.165, 1.54) is 11.1 Å². The van der Waals surface area contributed by atoms with Crippen LogP contribution in [0.5, 0.6) is 0 Å². The largest absolute Gasteiger partial charge is 0.334 e. The first-order valence-electron chi connectivity index (χ1n) is 9.57. The molecule has 4 rings (SSSR count). The van der Waals surface area contributed by atoms with Crippen molar-refractivity contribution >= 4 is 5.91 Å². The van der Waals surface area contributed by atoms with Crippen molar-refractivity contribution in [2.45, 2.75) is 37.4 Å². The van der Waals surface area contributed by atoms with Gasteiger partial charge in [0, 0.05) is 37.6 Å². The van der Waals surface area contributed by atoms with E-state index < -0.39 is 0 Å². The van der Waals surface area contributed by atoms with Crippen LogP contribution in [-0.4, -0.2) is 47.4 Å². The highest BCUT2D eigenvalue weighted by molar-refractivity contribution is 5.79. The average molecular weight is 349 g/mol. The lowest BCUT2D eigenvalue weighted by Gasteiger charge is -2.25. The third kappa shape index (κ3) is 3.97. The van der Waals surface area contributed by atoms with Crippen LogP contribution in [0.15, 0.2) is 60.7 Å². The molecule has 1 saturated carbocycles. The highest BCUT2D eigenvalue weighted by Crippen LogP contribution is 2.30. The van der Waals surface area contributed by atoms with E-state index >= 15 is 0 Å². The van der Waals surface area contributed by atoms with Crippen molar-refractivity contribution in [2.24, 2.45) is 5.73 Å². The zero-order chi connectivity index (χ0) is 17.9. The molecule has 0 unspecified atom stereocenters. The van der Waals surface area contributed by atoms with Crippen molar-refractivity contribution < 1.29 is 4.79 Å². The van der Waals surface area contributed by atoms with Gasteiger partial charge in [0.15, 0.2) is 0 Å². The summed E-state index contributed by atoms with van der Waals surface area (Å²) in [4.78, 5) is 17.3. The molecule has 2 atom stereocenters. The maximum absolute atomic E-state index is 13.0. The van der Waals surface area contributed by atoms with Crippen LogP contribution < -0.4 is 5.73 Å². The molecule has 4 heteroatoms. The third-order valence-electron chi connectivity index (χ3n) is 5.53. The lowest BCUT2D eigenvalue weighted by molar-refractivity contribution is -0.133. The molecular weight excluding hydrogens is 322 g/mol. The number of benzene rings is 2. The maximum Gasteiger partial charge on any atom is 0.237 e. The SMILES string of the molecule is N[C@@H]1CN(CC(=O)N(Cc2ccccc2)C2CC2)C[C@H]1c1ccccc1. The van der Waals surface area contributed by atoms with Gasteiger partial charge < -0.3 is 10.6 Å². The molecule has 0 bridgehead atoms. The summed E-state index contributed by atoms with van der Waals surface area (Å²) in [6, 6.07) is 21.2. The van der Waals surface area contributed by atoms with E-state index in [4.69, 9.17) is 5.73 Å². The molecule has 1 aliphatic carbocycles. The summed E-state index contributed by atoms with van der Waals surface area (Å²) in [5.41, 5.74) is 8.86. The normalized spacial score (nSPS) is 23.1. The highest BCUT2D eigenvalue weighted by atomic mass is 16.2. The quantitative estimate of drug-likeness (QED) is 0.872. The predicted octanol–water partition coefficient (Wildman–Crippen LogP) is 2.60. The summed E-state index contributed by atoms with van der Waals surface area (Å²) < 4.78 is 0. The van der Waals surface area contributed by atoms with Gasteiger partial charge in [-0.25, -0.2) is 0 Å². The lowest BCUT2D eigenvalue weighted by Crippen LogP contribution is -2.41. The molecule has 4 nitrogen and oxygen atoms in total. The van der Waals surface area contributed by atoms with Gasteiger partial charge in [-0.3, -0.25) is 9.69 Å². The smallest absolute Gasteiger partial charge is 0.237 e. The summed E-state index contributed by atoms with van der Waals surface area (Å²) in [5, 5.41) is 0. The summed E-state index contributed by atoms with van der Waals surface area (Å²) in [7, 11) is 0. The van der Waals surface area contributed by atoms with Gasteiger partial charge >= 0.3 is 0 Å². The van der Waals surface area contributed by atoms with Crippen LogP contribution in [0, 0.1) is 0 Å². The first kappa shape index (κ1) is 17.3. The van der Waals surface area contributed by atoms with Crippen molar-refractivity contribution in [1.29, 1.82) is 0 Å². The van der Waals surface area contributed by atoms with Crippen molar-refractivity contribution in [3.63, 3.8) is 0 Å². The topological polar surface area (TPSA) is 49.6 Å². The van der Waals surface area contributed by atoms with Gasteiger partial charge in [0.25, 0.3) is 0 Å². The molecule has 0 spiro atoms. The molecule has 1 saturated heterocycles. The number of hydrogen-bond donors (Lipinski definition) is 1. The number of carbonyl (C=O) groups excluding carboxylic acids is 1. The van der Waals surface area contributed by atoms with Gasteiger partial charge in [0.05, 0.1) is 6.54 Å². The van der Waals surface area contributed by atoms with E-state index in [0.29, 0.717) is 25.0 Å². The van der Waals surface area contributed by atoms with Gasteiger partial charge in [0.2, 0.25) is 5.91 Å². The molecule has 1 aliphatic heterocycles. The second-order valence-corrected chi connectivity index (χ2v) is 7.61. The molecule has 1 heterocycles. The Kier molecular flexibility index (Phi) is 5.05.